The number of pyridine rings is 1. The molecule has 9 heteroatoms. The first-order valence-electron chi connectivity index (χ1n) is 14.2. The van der Waals surface area contributed by atoms with Crippen molar-refractivity contribution in [2.75, 3.05) is 5.32 Å². The Hall–Kier alpha value is -5.05. The van der Waals surface area contributed by atoms with Crippen molar-refractivity contribution in [1.82, 2.24) is 24.8 Å². The molecule has 0 aliphatic heterocycles. The molecule has 0 atom stereocenters. The van der Waals surface area contributed by atoms with Crippen LogP contribution in [0.2, 0.25) is 0 Å². The van der Waals surface area contributed by atoms with Gasteiger partial charge in [0.25, 0.3) is 5.56 Å². The highest BCUT2D eigenvalue weighted by Crippen LogP contribution is 2.36. The zero-order valence-corrected chi connectivity index (χ0v) is 23.1. The van der Waals surface area contributed by atoms with Gasteiger partial charge in [0.2, 0.25) is 11.8 Å². The van der Waals surface area contributed by atoms with Crippen molar-refractivity contribution in [1.29, 1.82) is 0 Å². The van der Waals surface area contributed by atoms with E-state index in [9.17, 15) is 14.4 Å². The fourth-order valence-corrected chi connectivity index (χ4v) is 5.71. The predicted octanol–water partition coefficient (Wildman–Crippen LogP) is 5.02. The number of fused-ring (bicyclic) bond motifs is 1. The quantitative estimate of drug-likeness (QED) is 0.246. The predicted molar refractivity (Wildman–Crippen MR) is 162 cm³/mol. The lowest BCUT2D eigenvalue weighted by atomic mass is 9.78. The maximum absolute atomic E-state index is 13.7. The second-order valence-corrected chi connectivity index (χ2v) is 10.7. The largest absolute Gasteiger partial charge is 0.357 e. The molecule has 0 radical (unpaired) electrons. The second-order valence-electron chi connectivity index (χ2n) is 10.7. The number of benzene rings is 2. The highest BCUT2D eigenvalue weighted by Gasteiger charge is 2.28. The van der Waals surface area contributed by atoms with E-state index in [1.807, 2.05) is 60.7 Å². The fourth-order valence-electron chi connectivity index (χ4n) is 5.71. The van der Waals surface area contributed by atoms with Crippen molar-refractivity contribution in [3.8, 4) is 11.4 Å². The van der Waals surface area contributed by atoms with E-state index in [1.165, 1.54) is 16.3 Å². The number of anilines is 1. The topological polar surface area (TPSA) is 122 Å². The summed E-state index contributed by atoms with van der Waals surface area (Å²) in [6, 6.07) is 23.4. The smallest absolute Gasteiger partial charge is 0.278 e. The first-order chi connectivity index (χ1) is 20.5. The van der Waals surface area contributed by atoms with Crippen molar-refractivity contribution in [2.45, 2.75) is 44.7 Å². The molecule has 2 amide bonds. The molecule has 3 heterocycles. The SMILES string of the molecule is O=C(Cn1c(-c2ccccc2)ncc(NC(=O)C2CCC(c3ccccc3)CC2)c1=O)NCc1cc2cnccc2[nH]1. The molecule has 3 N–H and O–H groups in total. The molecule has 42 heavy (non-hydrogen) atoms. The lowest BCUT2D eigenvalue weighted by Crippen LogP contribution is -2.36. The maximum atomic E-state index is 13.7. The highest BCUT2D eigenvalue weighted by molar-refractivity contribution is 5.92. The molecule has 1 fully saturated rings. The maximum Gasteiger partial charge on any atom is 0.278 e. The zero-order chi connectivity index (χ0) is 28.9. The summed E-state index contributed by atoms with van der Waals surface area (Å²) >= 11 is 0. The summed E-state index contributed by atoms with van der Waals surface area (Å²) < 4.78 is 1.32. The van der Waals surface area contributed by atoms with Crippen LogP contribution in [0.4, 0.5) is 5.69 Å². The standard InChI is InChI=1S/C33H32N6O3/c40-30(35-19-27-17-26-18-34-16-15-28(26)37-27)21-39-31(24-9-5-2-6-10-24)36-20-29(33(39)42)38-32(41)25-13-11-23(12-14-25)22-7-3-1-4-8-22/h1-10,15-18,20,23,25,37H,11-14,19,21H2,(H,35,40)(H,38,41). The monoisotopic (exact) mass is 560 g/mol. The van der Waals surface area contributed by atoms with Gasteiger partial charge in [0, 0.05) is 40.5 Å². The van der Waals surface area contributed by atoms with Crippen molar-refractivity contribution in [3.63, 3.8) is 0 Å². The van der Waals surface area contributed by atoms with Gasteiger partial charge in [-0.25, -0.2) is 4.98 Å². The molecule has 0 spiro atoms. The molecule has 0 unspecified atom stereocenters. The van der Waals surface area contributed by atoms with Crippen LogP contribution in [0.25, 0.3) is 22.3 Å². The molecule has 1 aliphatic carbocycles. The van der Waals surface area contributed by atoms with Crippen molar-refractivity contribution < 1.29 is 9.59 Å². The molecule has 6 rings (SSSR count). The number of nitrogens with one attached hydrogen (secondary N) is 3. The summed E-state index contributed by atoms with van der Waals surface area (Å²) in [5.74, 6) is 0.0850. The Balaban J connectivity index is 1.17. The molecule has 5 aromatic rings. The van der Waals surface area contributed by atoms with Gasteiger partial charge in [0.1, 0.15) is 18.1 Å². The van der Waals surface area contributed by atoms with Crippen molar-refractivity contribution >= 4 is 28.4 Å². The van der Waals surface area contributed by atoms with Crippen LogP contribution in [0, 0.1) is 5.92 Å². The number of amides is 2. The highest BCUT2D eigenvalue weighted by atomic mass is 16.2. The molecule has 1 aliphatic rings. The van der Waals surface area contributed by atoms with Gasteiger partial charge in [-0.3, -0.25) is 23.9 Å². The van der Waals surface area contributed by atoms with E-state index in [-0.39, 0.29) is 36.5 Å². The number of nitrogens with zero attached hydrogens (tertiary/aromatic N) is 3. The lowest BCUT2D eigenvalue weighted by Gasteiger charge is -2.28. The molecular formula is C33H32N6O3. The number of rotatable bonds is 8. The van der Waals surface area contributed by atoms with E-state index in [0.717, 1.165) is 42.3 Å². The number of carbonyl (C=O) groups excluding carboxylic acids is 2. The van der Waals surface area contributed by atoms with Gasteiger partial charge in [0.15, 0.2) is 0 Å². The van der Waals surface area contributed by atoms with Gasteiger partial charge in [-0.15, -0.1) is 0 Å². The Labute approximate surface area is 243 Å². The van der Waals surface area contributed by atoms with Crippen LogP contribution < -0.4 is 16.2 Å². The Kier molecular flexibility index (Phi) is 7.89. The Morgan fingerprint density at radius 2 is 1.67 bits per heavy atom. The minimum atomic E-state index is -0.470. The average Bonchev–Trinajstić information content (AvgIpc) is 3.46. The van der Waals surface area contributed by atoms with E-state index in [4.69, 9.17) is 0 Å². The van der Waals surface area contributed by atoms with E-state index in [0.29, 0.717) is 17.3 Å². The fraction of sp³-hybridized carbons (Fsp3) is 0.242. The van der Waals surface area contributed by atoms with E-state index < -0.39 is 5.56 Å². The number of carbonyl (C=O) groups is 2. The summed E-state index contributed by atoms with van der Waals surface area (Å²) in [5.41, 5.74) is 3.35. The van der Waals surface area contributed by atoms with E-state index in [2.05, 4.69) is 37.7 Å². The third-order valence-corrected chi connectivity index (χ3v) is 7.96. The normalized spacial score (nSPS) is 16.7. The number of hydrogen-bond donors (Lipinski definition) is 3. The third kappa shape index (κ3) is 6.00. The summed E-state index contributed by atoms with van der Waals surface area (Å²) in [4.78, 5) is 51.8. The van der Waals surface area contributed by atoms with E-state index >= 15 is 0 Å². The number of aromatic nitrogens is 4. The molecule has 3 aromatic heterocycles. The molecule has 2 aromatic carbocycles. The van der Waals surface area contributed by atoms with Crippen LogP contribution in [0.15, 0.2) is 96.2 Å². The molecule has 0 bridgehead atoms. The Bertz CT molecular complexity index is 1720. The van der Waals surface area contributed by atoms with Crippen LogP contribution >= 0.6 is 0 Å². The molecule has 212 valence electrons. The number of H-pyrrole nitrogens is 1. The first-order valence-corrected chi connectivity index (χ1v) is 14.2. The minimum Gasteiger partial charge on any atom is -0.357 e. The van der Waals surface area contributed by atoms with Crippen LogP contribution in [0.1, 0.15) is 42.9 Å². The van der Waals surface area contributed by atoms with Gasteiger partial charge < -0.3 is 15.6 Å². The number of aromatic amines is 1. The van der Waals surface area contributed by atoms with Gasteiger partial charge in [-0.1, -0.05) is 60.7 Å². The number of hydrogen-bond acceptors (Lipinski definition) is 5. The van der Waals surface area contributed by atoms with E-state index in [1.54, 1.807) is 12.4 Å². The van der Waals surface area contributed by atoms with Crippen molar-refractivity contribution in [3.05, 3.63) is 113 Å². The van der Waals surface area contributed by atoms with Gasteiger partial charge in [0.05, 0.1) is 12.7 Å². The lowest BCUT2D eigenvalue weighted by molar-refractivity contribution is -0.122. The van der Waals surface area contributed by atoms with Gasteiger partial charge in [-0.05, 0) is 49.3 Å². The van der Waals surface area contributed by atoms with Crippen molar-refractivity contribution in [2.24, 2.45) is 5.92 Å². The van der Waals surface area contributed by atoms with Crippen LogP contribution in [0.3, 0.4) is 0 Å². The third-order valence-electron chi connectivity index (χ3n) is 7.96. The first kappa shape index (κ1) is 27.1. The van der Waals surface area contributed by atoms with Gasteiger partial charge >= 0.3 is 0 Å². The summed E-state index contributed by atoms with van der Waals surface area (Å²) in [6.07, 6.45) is 8.19. The molecular weight excluding hydrogens is 528 g/mol. The Morgan fingerprint density at radius 1 is 0.929 bits per heavy atom. The summed E-state index contributed by atoms with van der Waals surface area (Å²) in [5, 5.41) is 6.65. The van der Waals surface area contributed by atoms with Crippen LogP contribution in [-0.4, -0.2) is 31.3 Å². The van der Waals surface area contributed by atoms with Gasteiger partial charge in [-0.2, -0.15) is 0 Å². The molecule has 1 saturated carbocycles. The van der Waals surface area contributed by atoms with Crippen LogP contribution in [0.5, 0.6) is 0 Å². The summed E-state index contributed by atoms with van der Waals surface area (Å²) in [6.45, 7) is 0.0161. The average molecular weight is 561 g/mol. The second kappa shape index (κ2) is 12.2. The summed E-state index contributed by atoms with van der Waals surface area (Å²) in [7, 11) is 0. The molecule has 0 saturated heterocycles. The van der Waals surface area contributed by atoms with Crippen LogP contribution in [-0.2, 0) is 22.7 Å². The molecule has 9 nitrogen and oxygen atoms in total. The zero-order valence-electron chi connectivity index (χ0n) is 23.1. The Morgan fingerprint density at radius 3 is 2.40 bits per heavy atom. The minimum absolute atomic E-state index is 0.0702.